The molecule has 1 aliphatic heterocycles. The molecule has 1 saturated heterocycles. The van der Waals surface area contributed by atoms with Crippen molar-refractivity contribution < 1.29 is 23.8 Å². The summed E-state index contributed by atoms with van der Waals surface area (Å²) in [6.45, 7) is 2.99. The Bertz CT molecular complexity index is 372. The van der Waals surface area contributed by atoms with E-state index < -0.39 is 31.1 Å². The van der Waals surface area contributed by atoms with E-state index in [0.717, 1.165) is 17.2 Å². The smallest absolute Gasteiger partial charge is 0.323 e. The van der Waals surface area contributed by atoms with Crippen molar-refractivity contribution >= 4 is 12.3 Å². The van der Waals surface area contributed by atoms with Gasteiger partial charge < -0.3 is 15.2 Å². The van der Waals surface area contributed by atoms with Crippen molar-refractivity contribution in [1.29, 1.82) is 0 Å². The number of nitrogens with zero attached hydrogens (tertiary/aromatic N) is 1. The van der Waals surface area contributed by atoms with E-state index in [9.17, 15) is 14.0 Å². The van der Waals surface area contributed by atoms with Gasteiger partial charge in [0.15, 0.2) is 12.4 Å². The van der Waals surface area contributed by atoms with Gasteiger partial charge in [-0.3, -0.25) is 9.69 Å². The summed E-state index contributed by atoms with van der Waals surface area (Å²) >= 11 is 0. The molecule has 7 heteroatoms. The van der Waals surface area contributed by atoms with E-state index in [4.69, 9.17) is 9.84 Å². The second-order valence-electron chi connectivity index (χ2n) is 3.63. The number of amides is 2. The summed E-state index contributed by atoms with van der Waals surface area (Å²) in [6, 6.07) is -0.579. The van der Waals surface area contributed by atoms with Gasteiger partial charge in [0.2, 0.25) is 0 Å². The molecule has 2 N–H and O–H groups in total. The number of allylic oxidation sites excluding steroid dienone is 1. The number of nitrogens with one attached hydrogen (secondary N) is 1. The van der Waals surface area contributed by atoms with Gasteiger partial charge in [0.05, 0.1) is 6.61 Å². The third-order valence-electron chi connectivity index (χ3n) is 2.51. The van der Waals surface area contributed by atoms with E-state index in [0.29, 0.717) is 6.29 Å². The standard InChI is InChI=1S/C11H15FN2O4/c1-7-9(12)8(6-16)18-10(7)14(4-3-5-15)11(17)13-2/h3-5,8-10,16H,1,6H2,2H3,(H,13,17)/b4-3-/t8-,9+,10-/m1/s1. The highest BCUT2D eigenvalue weighted by molar-refractivity contribution is 5.77. The second-order valence-corrected chi connectivity index (χ2v) is 3.63. The van der Waals surface area contributed by atoms with Crippen LogP contribution in [0.1, 0.15) is 0 Å². The highest BCUT2D eigenvalue weighted by Gasteiger charge is 2.42. The monoisotopic (exact) mass is 258 g/mol. The Hall–Kier alpha value is -1.73. The first-order chi connectivity index (χ1) is 8.56. The van der Waals surface area contributed by atoms with Crippen molar-refractivity contribution in [3.05, 3.63) is 24.4 Å². The topological polar surface area (TPSA) is 78.9 Å². The van der Waals surface area contributed by atoms with Gasteiger partial charge in [-0.25, -0.2) is 9.18 Å². The predicted octanol–water partition coefficient (Wildman–Crippen LogP) is -0.0481. The fourth-order valence-electron chi connectivity index (χ4n) is 1.59. The average molecular weight is 258 g/mol. The lowest BCUT2D eigenvalue weighted by atomic mass is 10.1. The first-order valence-electron chi connectivity index (χ1n) is 5.27. The number of ether oxygens (including phenoxy) is 1. The minimum absolute atomic E-state index is 0.0215. The maximum absolute atomic E-state index is 13.6. The number of carbonyl (C=O) groups excluding carboxylic acids is 2. The quantitative estimate of drug-likeness (QED) is 0.421. The summed E-state index contributed by atoms with van der Waals surface area (Å²) in [5, 5.41) is 11.3. The lowest BCUT2D eigenvalue weighted by molar-refractivity contribution is -0.104. The molecule has 3 atom stereocenters. The first-order valence-corrected chi connectivity index (χ1v) is 5.27. The normalized spacial score (nSPS) is 27.5. The second kappa shape index (κ2) is 6.27. The molecule has 0 aliphatic carbocycles. The molecule has 2 amide bonds. The fraction of sp³-hybridized carbons (Fsp3) is 0.455. The van der Waals surface area contributed by atoms with Gasteiger partial charge in [-0.2, -0.15) is 0 Å². The Labute approximate surface area is 104 Å². The number of alkyl halides is 1. The van der Waals surface area contributed by atoms with Crippen LogP contribution in [0.15, 0.2) is 24.4 Å². The Morgan fingerprint density at radius 2 is 2.39 bits per heavy atom. The zero-order valence-corrected chi connectivity index (χ0v) is 9.88. The maximum atomic E-state index is 13.6. The first kappa shape index (κ1) is 14.3. The van der Waals surface area contributed by atoms with Gasteiger partial charge in [0.25, 0.3) is 0 Å². The number of hydrogen-bond acceptors (Lipinski definition) is 4. The maximum Gasteiger partial charge on any atom is 0.323 e. The molecule has 1 aliphatic rings. The van der Waals surface area contributed by atoms with Crippen molar-refractivity contribution in [1.82, 2.24) is 10.2 Å². The van der Waals surface area contributed by atoms with Gasteiger partial charge in [0, 0.05) is 18.8 Å². The largest absolute Gasteiger partial charge is 0.394 e. The number of urea groups is 1. The fourth-order valence-corrected chi connectivity index (χ4v) is 1.59. The molecule has 1 rings (SSSR count). The van der Waals surface area contributed by atoms with Crippen LogP contribution in [0.4, 0.5) is 9.18 Å². The molecule has 0 radical (unpaired) electrons. The van der Waals surface area contributed by atoms with Crippen molar-refractivity contribution in [2.24, 2.45) is 0 Å². The van der Waals surface area contributed by atoms with E-state index in [1.165, 1.54) is 7.05 Å². The van der Waals surface area contributed by atoms with Crippen molar-refractivity contribution in [2.45, 2.75) is 18.5 Å². The lowest BCUT2D eigenvalue weighted by Crippen LogP contribution is -2.42. The van der Waals surface area contributed by atoms with Gasteiger partial charge >= 0.3 is 6.03 Å². The minimum Gasteiger partial charge on any atom is -0.394 e. The number of rotatable bonds is 4. The molecular weight excluding hydrogens is 243 g/mol. The van der Waals surface area contributed by atoms with Crippen LogP contribution >= 0.6 is 0 Å². The molecule has 0 saturated carbocycles. The van der Waals surface area contributed by atoms with Crippen LogP contribution in [0.3, 0.4) is 0 Å². The Morgan fingerprint density at radius 1 is 1.72 bits per heavy atom. The van der Waals surface area contributed by atoms with Crippen LogP contribution < -0.4 is 5.32 Å². The third kappa shape index (κ3) is 2.74. The highest BCUT2D eigenvalue weighted by Crippen LogP contribution is 2.30. The molecule has 100 valence electrons. The van der Waals surface area contributed by atoms with E-state index in [-0.39, 0.29) is 5.57 Å². The number of hydrogen-bond donors (Lipinski definition) is 2. The molecule has 18 heavy (non-hydrogen) atoms. The zero-order chi connectivity index (χ0) is 13.7. The van der Waals surface area contributed by atoms with Crippen LogP contribution in [0.5, 0.6) is 0 Å². The van der Waals surface area contributed by atoms with Crippen LogP contribution in [0.2, 0.25) is 0 Å². The molecular formula is C11H15FN2O4. The van der Waals surface area contributed by atoms with Crippen LogP contribution in [-0.2, 0) is 9.53 Å². The molecule has 0 aromatic rings. The van der Waals surface area contributed by atoms with Crippen molar-refractivity contribution in [2.75, 3.05) is 13.7 Å². The zero-order valence-electron chi connectivity index (χ0n) is 9.88. The van der Waals surface area contributed by atoms with E-state index >= 15 is 0 Å². The van der Waals surface area contributed by atoms with Crippen molar-refractivity contribution in [3.63, 3.8) is 0 Å². The van der Waals surface area contributed by atoms with Gasteiger partial charge in [-0.15, -0.1) is 0 Å². The van der Waals surface area contributed by atoms with Crippen LogP contribution in [0, 0.1) is 0 Å². The summed E-state index contributed by atoms with van der Waals surface area (Å²) in [7, 11) is 1.39. The number of aldehydes is 1. The SMILES string of the molecule is C=C1[C@H](N(/C=C\C=O)C(=O)NC)O[C@H](CO)[C@H]1F. The van der Waals surface area contributed by atoms with E-state index in [1.807, 2.05) is 0 Å². The summed E-state index contributed by atoms with van der Waals surface area (Å²) in [6.07, 6.45) is -0.951. The Kier molecular flexibility index (Phi) is 4.99. The number of carbonyl (C=O) groups is 2. The number of aliphatic hydroxyl groups is 1. The van der Waals surface area contributed by atoms with E-state index in [1.54, 1.807) is 0 Å². The highest BCUT2D eigenvalue weighted by atomic mass is 19.1. The summed E-state index contributed by atoms with van der Waals surface area (Å²) in [4.78, 5) is 22.9. The Morgan fingerprint density at radius 3 is 2.83 bits per heavy atom. The molecule has 1 fully saturated rings. The molecule has 0 bridgehead atoms. The van der Waals surface area contributed by atoms with Gasteiger partial charge in [0.1, 0.15) is 12.4 Å². The van der Waals surface area contributed by atoms with Crippen LogP contribution in [-0.4, -0.2) is 54.5 Å². The molecule has 6 nitrogen and oxygen atoms in total. The molecule has 0 unspecified atom stereocenters. The molecule has 0 aromatic heterocycles. The molecule has 1 heterocycles. The van der Waals surface area contributed by atoms with E-state index in [2.05, 4.69) is 11.9 Å². The average Bonchev–Trinajstić information content (AvgIpc) is 2.66. The third-order valence-corrected chi connectivity index (χ3v) is 2.51. The summed E-state index contributed by atoms with van der Waals surface area (Å²) < 4.78 is 18.8. The minimum atomic E-state index is -1.56. The Balaban J connectivity index is 2.93. The summed E-state index contributed by atoms with van der Waals surface area (Å²) in [5.74, 6) is 0. The van der Waals surface area contributed by atoms with Crippen molar-refractivity contribution in [3.8, 4) is 0 Å². The predicted molar refractivity (Wildman–Crippen MR) is 61.3 cm³/mol. The summed E-state index contributed by atoms with van der Waals surface area (Å²) in [5.41, 5.74) is 0.0215. The van der Waals surface area contributed by atoms with Crippen LogP contribution in [0.25, 0.3) is 0 Å². The van der Waals surface area contributed by atoms with Gasteiger partial charge in [-0.1, -0.05) is 6.58 Å². The molecule has 0 aromatic carbocycles. The molecule has 0 spiro atoms. The number of halogens is 1. The number of aliphatic hydroxyl groups excluding tert-OH is 1. The van der Waals surface area contributed by atoms with Gasteiger partial charge in [-0.05, 0) is 6.08 Å². The lowest BCUT2D eigenvalue weighted by Gasteiger charge is -2.25.